The smallest absolute Gasteiger partial charge is 0.289 e. The van der Waals surface area contributed by atoms with Crippen molar-refractivity contribution >= 4 is 12.0 Å². The second-order valence-corrected chi connectivity index (χ2v) is 1.72. The topological polar surface area (TPSA) is 86.0 Å². The third-order valence-electron chi connectivity index (χ3n) is 0.837. The molecule has 0 aromatic heterocycles. The minimum Gasteiger partial charge on any atom is -0.465 e. The largest absolute Gasteiger partial charge is 0.465 e. The average Bonchev–Trinajstić information content (AvgIpc) is 1.87. The molecule has 0 aromatic rings. The lowest BCUT2D eigenvalue weighted by Gasteiger charge is -1.99. The van der Waals surface area contributed by atoms with E-state index >= 15 is 0 Å². The molecule has 5 heteroatoms. The van der Waals surface area contributed by atoms with E-state index in [2.05, 4.69) is 9.98 Å². The Labute approximate surface area is 66.1 Å². The maximum absolute atomic E-state index is 5.32. The molecule has 0 amide bonds. The van der Waals surface area contributed by atoms with E-state index in [1.54, 1.807) is 0 Å². The molecule has 11 heavy (non-hydrogen) atoms. The van der Waals surface area contributed by atoms with Crippen molar-refractivity contribution in [3.63, 3.8) is 0 Å². The summed E-state index contributed by atoms with van der Waals surface area (Å²) < 4.78 is 4.83. The summed E-state index contributed by atoms with van der Waals surface area (Å²) in [6.45, 7) is 4.75. The number of hydrogen-bond acceptors (Lipinski definition) is 2. The quantitative estimate of drug-likeness (QED) is 0.426. The average molecular weight is 158 g/mol. The lowest BCUT2D eigenvalue weighted by atomic mass is 10.8. The van der Waals surface area contributed by atoms with E-state index in [4.69, 9.17) is 16.2 Å². The van der Waals surface area contributed by atoms with E-state index in [0.29, 0.717) is 13.2 Å². The van der Waals surface area contributed by atoms with Gasteiger partial charge in [0, 0.05) is 6.54 Å². The summed E-state index contributed by atoms with van der Waals surface area (Å²) in [6, 6.07) is 0.0576. The van der Waals surface area contributed by atoms with E-state index in [9.17, 15) is 0 Å². The van der Waals surface area contributed by atoms with Crippen molar-refractivity contribution in [2.24, 2.45) is 21.5 Å². The molecule has 0 atom stereocenters. The molecule has 0 unspecified atom stereocenters. The van der Waals surface area contributed by atoms with E-state index in [-0.39, 0.29) is 12.0 Å². The zero-order valence-electron chi connectivity index (χ0n) is 6.87. The van der Waals surface area contributed by atoms with Crippen LogP contribution in [0.5, 0.6) is 0 Å². The Morgan fingerprint density at radius 2 is 2.00 bits per heavy atom. The van der Waals surface area contributed by atoms with Crippen LogP contribution in [-0.2, 0) is 4.74 Å². The Kier molecular flexibility index (Phi) is 4.89. The van der Waals surface area contributed by atoms with Crippen LogP contribution < -0.4 is 11.5 Å². The first-order valence-electron chi connectivity index (χ1n) is 3.47. The summed E-state index contributed by atoms with van der Waals surface area (Å²) in [4.78, 5) is 7.45. The highest BCUT2D eigenvalue weighted by molar-refractivity contribution is 5.90. The SMILES string of the molecule is CCN=C(N)N=C(N)OCC. The van der Waals surface area contributed by atoms with E-state index < -0.39 is 0 Å². The van der Waals surface area contributed by atoms with Crippen LogP contribution in [0.1, 0.15) is 13.8 Å². The molecule has 0 saturated carbocycles. The second-order valence-electron chi connectivity index (χ2n) is 1.72. The van der Waals surface area contributed by atoms with Crippen LogP contribution in [-0.4, -0.2) is 25.1 Å². The van der Waals surface area contributed by atoms with Crippen LogP contribution >= 0.6 is 0 Å². The molecule has 0 aliphatic carbocycles. The fourth-order valence-corrected chi connectivity index (χ4v) is 0.490. The van der Waals surface area contributed by atoms with Crippen molar-refractivity contribution in [2.75, 3.05) is 13.2 Å². The van der Waals surface area contributed by atoms with Crippen LogP contribution in [0, 0.1) is 0 Å². The molecule has 0 bridgehead atoms. The van der Waals surface area contributed by atoms with Gasteiger partial charge in [0.1, 0.15) is 0 Å². The van der Waals surface area contributed by atoms with Gasteiger partial charge in [-0.25, -0.2) is 0 Å². The predicted molar refractivity (Wildman–Crippen MR) is 45.4 cm³/mol. The monoisotopic (exact) mass is 158 g/mol. The van der Waals surface area contributed by atoms with Gasteiger partial charge in [0.25, 0.3) is 6.02 Å². The Bertz CT molecular complexity index is 164. The van der Waals surface area contributed by atoms with Crippen molar-refractivity contribution in [1.29, 1.82) is 0 Å². The minimum atomic E-state index is 0.0576. The van der Waals surface area contributed by atoms with Gasteiger partial charge in [-0.3, -0.25) is 4.99 Å². The fourth-order valence-electron chi connectivity index (χ4n) is 0.490. The van der Waals surface area contributed by atoms with Crippen molar-refractivity contribution in [2.45, 2.75) is 13.8 Å². The summed E-state index contributed by atoms with van der Waals surface area (Å²) in [5.41, 5.74) is 10.6. The van der Waals surface area contributed by atoms with E-state index in [1.165, 1.54) is 0 Å². The van der Waals surface area contributed by atoms with Crippen LogP contribution in [0.25, 0.3) is 0 Å². The van der Waals surface area contributed by atoms with Gasteiger partial charge in [-0.1, -0.05) is 0 Å². The Morgan fingerprint density at radius 1 is 1.36 bits per heavy atom. The molecule has 4 N–H and O–H groups in total. The summed E-state index contributed by atoms with van der Waals surface area (Å²) in [5.74, 6) is 0.151. The van der Waals surface area contributed by atoms with Gasteiger partial charge >= 0.3 is 0 Å². The first-order chi connectivity index (χ1) is 5.20. The Morgan fingerprint density at radius 3 is 2.45 bits per heavy atom. The van der Waals surface area contributed by atoms with Gasteiger partial charge in [-0.2, -0.15) is 4.99 Å². The number of ether oxygens (including phenoxy) is 1. The normalized spacial score (nSPS) is 13.3. The van der Waals surface area contributed by atoms with Gasteiger partial charge in [0.2, 0.25) is 5.96 Å². The number of guanidine groups is 1. The molecule has 0 spiro atoms. The zero-order valence-corrected chi connectivity index (χ0v) is 6.87. The highest BCUT2D eigenvalue weighted by Crippen LogP contribution is 1.77. The van der Waals surface area contributed by atoms with E-state index in [1.807, 2.05) is 13.8 Å². The molecule has 0 radical (unpaired) electrons. The molecular formula is C6H14N4O. The first-order valence-corrected chi connectivity index (χ1v) is 3.47. The molecule has 0 aliphatic heterocycles. The number of rotatable bonds is 2. The van der Waals surface area contributed by atoms with Crippen LogP contribution in [0.15, 0.2) is 9.98 Å². The van der Waals surface area contributed by atoms with Crippen molar-refractivity contribution < 1.29 is 4.74 Å². The molecule has 5 nitrogen and oxygen atoms in total. The Balaban J connectivity index is 3.96. The number of hydrogen-bond donors (Lipinski definition) is 2. The van der Waals surface area contributed by atoms with Crippen LogP contribution in [0.4, 0.5) is 0 Å². The predicted octanol–water partition coefficient (Wildman–Crippen LogP) is -0.328. The molecule has 0 rings (SSSR count). The lowest BCUT2D eigenvalue weighted by molar-refractivity contribution is 0.322. The molecule has 0 fully saturated rings. The van der Waals surface area contributed by atoms with Crippen LogP contribution in [0.2, 0.25) is 0 Å². The fraction of sp³-hybridized carbons (Fsp3) is 0.667. The number of amidine groups is 1. The van der Waals surface area contributed by atoms with Gasteiger partial charge in [0.15, 0.2) is 0 Å². The van der Waals surface area contributed by atoms with Gasteiger partial charge in [-0.05, 0) is 13.8 Å². The number of aliphatic imine (C=N–C) groups is 2. The van der Waals surface area contributed by atoms with Crippen molar-refractivity contribution in [1.82, 2.24) is 0 Å². The third-order valence-corrected chi connectivity index (χ3v) is 0.837. The molecule has 0 saturated heterocycles. The van der Waals surface area contributed by atoms with Crippen molar-refractivity contribution in [3.05, 3.63) is 0 Å². The molecule has 0 aliphatic rings. The standard InChI is InChI=1S/C6H14N4O/c1-3-9-5(7)10-6(8)11-4-2/h3-4H2,1-2H3,(H4,7,8,9,10). The van der Waals surface area contributed by atoms with Crippen LogP contribution in [0.3, 0.4) is 0 Å². The second kappa shape index (κ2) is 5.52. The van der Waals surface area contributed by atoms with E-state index in [0.717, 1.165) is 0 Å². The third kappa shape index (κ3) is 5.20. The van der Waals surface area contributed by atoms with Gasteiger partial charge in [-0.15, -0.1) is 0 Å². The molecule has 64 valence electrons. The van der Waals surface area contributed by atoms with Gasteiger partial charge in [0.05, 0.1) is 6.61 Å². The molecule has 0 aromatic carbocycles. The Hall–Kier alpha value is -1.26. The minimum absolute atomic E-state index is 0.0576. The number of nitrogens with zero attached hydrogens (tertiary/aromatic N) is 2. The molecule has 0 heterocycles. The summed E-state index contributed by atoms with van der Waals surface area (Å²) in [6.07, 6.45) is 0. The lowest BCUT2D eigenvalue weighted by Crippen LogP contribution is -2.21. The van der Waals surface area contributed by atoms with Gasteiger partial charge < -0.3 is 16.2 Å². The maximum atomic E-state index is 5.32. The number of nitrogens with two attached hydrogens (primary N) is 2. The molecular weight excluding hydrogens is 144 g/mol. The zero-order chi connectivity index (χ0) is 8.69. The highest BCUT2D eigenvalue weighted by atomic mass is 16.5. The van der Waals surface area contributed by atoms with Crippen molar-refractivity contribution in [3.8, 4) is 0 Å². The summed E-state index contributed by atoms with van der Waals surface area (Å²) in [5, 5.41) is 0. The summed E-state index contributed by atoms with van der Waals surface area (Å²) in [7, 11) is 0. The summed E-state index contributed by atoms with van der Waals surface area (Å²) >= 11 is 0. The highest BCUT2D eigenvalue weighted by Gasteiger charge is 1.91. The first kappa shape index (κ1) is 9.74. The maximum Gasteiger partial charge on any atom is 0.289 e.